The van der Waals surface area contributed by atoms with Crippen LogP contribution in [0.25, 0.3) is 0 Å². The highest BCUT2D eigenvalue weighted by molar-refractivity contribution is 5.80. The van der Waals surface area contributed by atoms with Gasteiger partial charge in [0, 0.05) is 13.3 Å². The van der Waals surface area contributed by atoms with E-state index in [4.69, 9.17) is 5.73 Å². The van der Waals surface area contributed by atoms with Crippen molar-refractivity contribution < 1.29 is 0 Å². The van der Waals surface area contributed by atoms with Crippen LogP contribution in [-0.4, -0.2) is 19.6 Å². The summed E-state index contributed by atoms with van der Waals surface area (Å²) in [6.45, 7) is 3.87. The van der Waals surface area contributed by atoms with Crippen LogP contribution in [0.4, 0.5) is 0 Å². The molecule has 0 aromatic carbocycles. The van der Waals surface area contributed by atoms with E-state index in [1.54, 1.807) is 13.3 Å². The van der Waals surface area contributed by atoms with Crippen LogP contribution in [0.15, 0.2) is 33.4 Å². The van der Waals surface area contributed by atoms with Crippen LogP contribution in [0.3, 0.4) is 0 Å². The molecule has 0 aliphatic heterocycles. The molecule has 0 aliphatic rings. The third-order valence-electron chi connectivity index (χ3n) is 1.26. The summed E-state index contributed by atoms with van der Waals surface area (Å²) in [5, 5.41) is 0. The van der Waals surface area contributed by atoms with E-state index in [9.17, 15) is 0 Å². The van der Waals surface area contributed by atoms with Crippen LogP contribution < -0.4 is 5.73 Å². The van der Waals surface area contributed by atoms with Crippen molar-refractivity contribution >= 4 is 12.6 Å². The third-order valence-corrected chi connectivity index (χ3v) is 1.26. The first kappa shape index (κ1) is 10.6. The molecule has 0 saturated carbocycles. The summed E-state index contributed by atoms with van der Waals surface area (Å²) in [4.78, 5) is 7.88. The van der Waals surface area contributed by atoms with Crippen LogP contribution in [0.2, 0.25) is 0 Å². The molecule has 0 amide bonds. The van der Waals surface area contributed by atoms with E-state index in [1.807, 2.05) is 26.0 Å². The van der Waals surface area contributed by atoms with Gasteiger partial charge in [0.2, 0.25) is 0 Å². The summed E-state index contributed by atoms with van der Waals surface area (Å²) in [5.74, 6) is 0. The van der Waals surface area contributed by atoms with Crippen LogP contribution >= 0.6 is 0 Å². The molecule has 0 aromatic rings. The van der Waals surface area contributed by atoms with E-state index in [1.165, 1.54) is 6.34 Å². The molecule has 0 aromatic heterocycles. The van der Waals surface area contributed by atoms with Gasteiger partial charge in [-0.25, -0.2) is 4.99 Å². The Morgan fingerprint density at radius 1 is 1.42 bits per heavy atom. The van der Waals surface area contributed by atoms with Gasteiger partial charge in [-0.05, 0) is 25.5 Å². The van der Waals surface area contributed by atoms with Crippen molar-refractivity contribution in [1.29, 1.82) is 0 Å². The molecule has 0 unspecified atom stereocenters. The zero-order valence-corrected chi connectivity index (χ0v) is 7.78. The summed E-state index contributed by atoms with van der Waals surface area (Å²) in [5.41, 5.74) is 7.03. The van der Waals surface area contributed by atoms with E-state index in [0.29, 0.717) is 0 Å². The maximum Gasteiger partial charge on any atom is 0.0860 e. The highest BCUT2D eigenvalue weighted by atomic mass is 14.8. The lowest BCUT2D eigenvalue weighted by molar-refractivity contribution is 1.33. The van der Waals surface area contributed by atoms with E-state index >= 15 is 0 Å². The largest absolute Gasteiger partial charge is 0.390 e. The second kappa shape index (κ2) is 6.34. The smallest absolute Gasteiger partial charge is 0.0860 e. The van der Waals surface area contributed by atoms with Gasteiger partial charge in [-0.1, -0.05) is 6.08 Å². The highest BCUT2D eigenvalue weighted by Gasteiger charge is 1.91. The normalized spacial score (nSPS) is 14.9. The molecule has 0 radical (unpaired) electrons. The van der Waals surface area contributed by atoms with E-state index in [2.05, 4.69) is 9.98 Å². The third kappa shape index (κ3) is 3.71. The monoisotopic (exact) mass is 165 g/mol. The lowest BCUT2D eigenvalue weighted by atomic mass is 10.2. The zero-order chi connectivity index (χ0) is 9.40. The average Bonchev–Trinajstić information content (AvgIpc) is 2.04. The lowest BCUT2D eigenvalue weighted by Gasteiger charge is -1.95. The van der Waals surface area contributed by atoms with Crippen LogP contribution in [-0.2, 0) is 0 Å². The molecule has 0 atom stereocenters. The highest BCUT2D eigenvalue weighted by Crippen LogP contribution is 2.04. The topological polar surface area (TPSA) is 50.7 Å². The maximum absolute atomic E-state index is 5.19. The minimum absolute atomic E-state index is 0.839. The number of hydrogen-bond acceptors (Lipinski definition) is 2. The number of nitrogens with zero attached hydrogens (tertiary/aromatic N) is 2. The second-order valence-electron chi connectivity index (χ2n) is 2.23. The molecule has 66 valence electrons. The first-order valence-corrected chi connectivity index (χ1v) is 3.76. The van der Waals surface area contributed by atoms with Crippen molar-refractivity contribution in [3.05, 3.63) is 23.4 Å². The average molecular weight is 165 g/mol. The minimum Gasteiger partial charge on any atom is -0.390 e. The van der Waals surface area contributed by atoms with Crippen molar-refractivity contribution in [2.75, 3.05) is 7.05 Å². The van der Waals surface area contributed by atoms with Crippen molar-refractivity contribution in [2.24, 2.45) is 15.7 Å². The molecular weight excluding hydrogens is 150 g/mol. The van der Waals surface area contributed by atoms with E-state index in [-0.39, 0.29) is 0 Å². The summed E-state index contributed by atoms with van der Waals surface area (Å²) < 4.78 is 0. The summed E-state index contributed by atoms with van der Waals surface area (Å²) in [6, 6.07) is 0. The van der Waals surface area contributed by atoms with Gasteiger partial charge < -0.3 is 5.73 Å². The molecule has 3 nitrogen and oxygen atoms in total. The van der Waals surface area contributed by atoms with Crippen molar-refractivity contribution in [3.8, 4) is 0 Å². The van der Waals surface area contributed by atoms with Gasteiger partial charge in [0.05, 0.1) is 12.0 Å². The van der Waals surface area contributed by atoms with Gasteiger partial charge in [-0.3, -0.25) is 4.99 Å². The quantitative estimate of drug-likeness (QED) is 0.385. The molecule has 0 aliphatic carbocycles. The molecule has 2 N–H and O–H groups in total. The SMILES string of the molecule is C/C=C\C(N=CN)=C(C)C=NC. The second-order valence-corrected chi connectivity index (χ2v) is 2.23. The molecule has 3 heteroatoms. The van der Waals surface area contributed by atoms with E-state index in [0.717, 1.165) is 11.3 Å². The lowest BCUT2D eigenvalue weighted by Crippen LogP contribution is -1.91. The molecule has 0 bridgehead atoms. The number of rotatable bonds is 3. The molecule has 0 fully saturated rings. The first-order valence-electron chi connectivity index (χ1n) is 3.76. The fourth-order valence-electron chi connectivity index (χ4n) is 0.774. The predicted molar refractivity (Wildman–Crippen MR) is 54.6 cm³/mol. The fraction of sp³-hybridized carbons (Fsp3) is 0.333. The van der Waals surface area contributed by atoms with Crippen LogP contribution in [0, 0.1) is 0 Å². The molecular formula is C9H15N3. The first-order chi connectivity index (χ1) is 5.76. The summed E-state index contributed by atoms with van der Waals surface area (Å²) >= 11 is 0. The van der Waals surface area contributed by atoms with Crippen molar-refractivity contribution in [1.82, 2.24) is 0 Å². The Bertz CT molecular complexity index is 220. The number of nitrogens with two attached hydrogens (primary N) is 1. The van der Waals surface area contributed by atoms with Crippen molar-refractivity contribution in [2.45, 2.75) is 13.8 Å². The molecule has 12 heavy (non-hydrogen) atoms. The number of hydrogen-bond donors (Lipinski definition) is 1. The number of aliphatic imine (C=N–C) groups is 2. The van der Waals surface area contributed by atoms with Crippen molar-refractivity contribution in [3.63, 3.8) is 0 Å². The predicted octanol–water partition coefficient (Wildman–Crippen LogP) is 1.52. The van der Waals surface area contributed by atoms with Gasteiger partial charge in [0.15, 0.2) is 0 Å². The van der Waals surface area contributed by atoms with Gasteiger partial charge in [-0.2, -0.15) is 0 Å². The zero-order valence-electron chi connectivity index (χ0n) is 7.78. The summed E-state index contributed by atoms with van der Waals surface area (Å²) in [6.07, 6.45) is 6.83. The Balaban J connectivity index is 4.78. The molecule has 0 rings (SSSR count). The summed E-state index contributed by atoms with van der Waals surface area (Å²) in [7, 11) is 1.73. The van der Waals surface area contributed by atoms with Gasteiger partial charge in [-0.15, -0.1) is 0 Å². The fourth-order valence-corrected chi connectivity index (χ4v) is 0.774. The van der Waals surface area contributed by atoms with Crippen LogP contribution in [0.5, 0.6) is 0 Å². The maximum atomic E-state index is 5.19. The van der Waals surface area contributed by atoms with Gasteiger partial charge in [0.1, 0.15) is 0 Å². The minimum atomic E-state index is 0.839. The molecule has 0 saturated heterocycles. The number of allylic oxidation sites excluding steroid dienone is 3. The Hall–Kier alpha value is -1.38. The van der Waals surface area contributed by atoms with Gasteiger partial charge in [0.25, 0.3) is 0 Å². The van der Waals surface area contributed by atoms with E-state index < -0.39 is 0 Å². The molecule has 0 heterocycles. The standard InChI is InChI=1S/C9H15N3/c1-4-5-9(12-7-10)8(2)6-11-3/h4-7H,1-3H3,(H2,10,12)/b5-4-,9-8?,11-6?. The Labute approximate surface area is 73.4 Å². The molecule has 0 spiro atoms. The van der Waals surface area contributed by atoms with Crippen LogP contribution in [0.1, 0.15) is 13.8 Å². The Morgan fingerprint density at radius 3 is 2.50 bits per heavy atom. The Morgan fingerprint density at radius 2 is 2.08 bits per heavy atom. The Kier molecular flexibility index (Phi) is 5.61. The van der Waals surface area contributed by atoms with Gasteiger partial charge >= 0.3 is 0 Å².